The van der Waals surface area contributed by atoms with Crippen LogP contribution < -0.4 is 5.32 Å². The second kappa shape index (κ2) is 5.69. The first kappa shape index (κ1) is 13.2. The van der Waals surface area contributed by atoms with E-state index in [0.717, 1.165) is 22.6 Å². The lowest BCUT2D eigenvalue weighted by Crippen LogP contribution is -2.17. The molecule has 0 amide bonds. The average molecular weight is 286 g/mol. The molecule has 102 valence electrons. The van der Waals surface area contributed by atoms with Gasteiger partial charge in [-0.1, -0.05) is 24.3 Å². The third-order valence-electron chi connectivity index (χ3n) is 3.27. The zero-order chi connectivity index (χ0) is 13.9. The predicted molar refractivity (Wildman–Crippen MR) is 81.3 cm³/mol. The fourth-order valence-electron chi connectivity index (χ4n) is 2.11. The van der Waals surface area contributed by atoms with E-state index < -0.39 is 0 Å². The van der Waals surface area contributed by atoms with Crippen LogP contribution in [0.4, 0.5) is 4.39 Å². The number of nitrogens with one attached hydrogen (secondary N) is 1. The number of hydrogen-bond acceptors (Lipinski definition) is 3. The van der Waals surface area contributed by atoms with Crippen LogP contribution in [0.15, 0.2) is 48.5 Å². The molecule has 3 rings (SSSR count). The Hall–Kier alpha value is -1.78. The van der Waals surface area contributed by atoms with Gasteiger partial charge >= 0.3 is 0 Å². The van der Waals surface area contributed by atoms with Crippen LogP contribution in [0.1, 0.15) is 23.5 Å². The summed E-state index contributed by atoms with van der Waals surface area (Å²) in [6.45, 7) is 2.79. The number of para-hydroxylation sites is 1. The number of rotatable bonds is 4. The minimum Gasteiger partial charge on any atom is -0.304 e. The molecule has 0 saturated carbocycles. The smallest absolute Gasteiger partial charge is 0.123 e. The molecule has 0 unspecified atom stereocenters. The Morgan fingerprint density at radius 3 is 2.65 bits per heavy atom. The van der Waals surface area contributed by atoms with Crippen molar-refractivity contribution in [2.75, 3.05) is 0 Å². The Balaban J connectivity index is 1.68. The Labute approximate surface area is 121 Å². The van der Waals surface area contributed by atoms with Gasteiger partial charge in [0.15, 0.2) is 0 Å². The fraction of sp³-hybridized carbons (Fsp3) is 0.188. The summed E-state index contributed by atoms with van der Waals surface area (Å²) < 4.78 is 14.1. The van der Waals surface area contributed by atoms with Gasteiger partial charge in [0, 0.05) is 12.6 Å². The highest BCUT2D eigenvalue weighted by Gasteiger charge is 2.07. The molecule has 0 aliphatic carbocycles. The molecular weight excluding hydrogens is 271 g/mol. The second-order valence-corrected chi connectivity index (χ2v) is 5.84. The van der Waals surface area contributed by atoms with Crippen molar-refractivity contribution in [1.82, 2.24) is 10.3 Å². The van der Waals surface area contributed by atoms with Crippen LogP contribution in [0.2, 0.25) is 0 Å². The highest BCUT2D eigenvalue weighted by molar-refractivity contribution is 7.18. The molecule has 0 aliphatic heterocycles. The molecule has 1 heterocycles. The molecule has 3 aromatic rings. The van der Waals surface area contributed by atoms with Gasteiger partial charge in [-0.05, 0) is 36.8 Å². The van der Waals surface area contributed by atoms with Crippen molar-refractivity contribution in [2.24, 2.45) is 0 Å². The fourth-order valence-corrected chi connectivity index (χ4v) is 3.02. The normalized spacial score (nSPS) is 12.7. The molecule has 1 N–H and O–H groups in total. The molecule has 0 spiro atoms. The molecule has 0 aliphatic rings. The van der Waals surface area contributed by atoms with Crippen LogP contribution in [-0.4, -0.2) is 4.98 Å². The molecule has 0 fully saturated rings. The number of hydrogen-bond donors (Lipinski definition) is 1. The summed E-state index contributed by atoms with van der Waals surface area (Å²) >= 11 is 1.70. The first-order valence-electron chi connectivity index (χ1n) is 6.55. The van der Waals surface area contributed by atoms with Crippen molar-refractivity contribution in [3.05, 3.63) is 64.9 Å². The molecule has 0 bridgehead atoms. The van der Waals surface area contributed by atoms with Gasteiger partial charge in [-0.25, -0.2) is 9.37 Å². The van der Waals surface area contributed by atoms with Crippen molar-refractivity contribution in [2.45, 2.75) is 19.5 Å². The van der Waals surface area contributed by atoms with Gasteiger partial charge in [0.1, 0.15) is 10.8 Å². The molecule has 2 aromatic carbocycles. The van der Waals surface area contributed by atoms with E-state index in [-0.39, 0.29) is 11.9 Å². The van der Waals surface area contributed by atoms with Gasteiger partial charge in [-0.15, -0.1) is 11.3 Å². The summed E-state index contributed by atoms with van der Waals surface area (Å²) in [6.07, 6.45) is 0. The summed E-state index contributed by atoms with van der Waals surface area (Å²) in [5.41, 5.74) is 2.12. The maximum absolute atomic E-state index is 12.9. The number of nitrogens with zero attached hydrogens (tertiary/aromatic N) is 1. The van der Waals surface area contributed by atoms with Crippen molar-refractivity contribution in [1.29, 1.82) is 0 Å². The number of aromatic nitrogens is 1. The standard InChI is InChI=1S/C16H15FN2S/c1-11(12-6-8-13(17)9-7-12)18-10-16-19-14-4-2-3-5-15(14)20-16/h2-9,11,18H,10H2,1H3/t11-/m0/s1. The van der Waals surface area contributed by atoms with Crippen molar-refractivity contribution in [3.63, 3.8) is 0 Å². The minimum atomic E-state index is -0.202. The highest BCUT2D eigenvalue weighted by atomic mass is 32.1. The maximum atomic E-state index is 12.9. The van der Waals surface area contributed by atoms with E-state index in [9.17, 15) is 4.39 Å². The van der Waals surface area contributed by atoms with Crippen LogP contribution in [0, 0.1) is 5.82 Å². The van der Waals surface area contributed by atoms with Gasteiger partial charge in [-0.2, -0.15) is 0 Å². The van der Waals surface area contributed by atoms with Gasteiger partial charge in [0.25, 0.3) is 0 Å². The van der Waals surface area contributed by atoms with Crippen LogP contribution in [0.25, 0.3) is 10.2 Å². The van der Waals surface area contributed by atoms with E-state index in [4.69, 9.17) is 0 Å². The lowest BCUT2D eigenvalue weighted by Gasteiger charge is -2.12. The Bertz CT molecular complexity index is 673. The lowest BCUT2D eigenvalue weighted by molar-refractivity contribution is 0.570. The predicted octanol–water partition coefficient (Wildman–Crippen LogP) is 4.29. The van der Waals surface area contributed by atoms with Gasteiger partial charge in [0.05, 0.1) is 10.2 Å². The first-order valence-corrected chi connectivity index (χ1v) is 7.37. The van der Waals surface area contributed by atoms with Crippen LogP contribution in [0.5, 0.6) is 0 Å². The van der Waals surface area contributed by atoms with Crippen molar-refractivity contribution < 1.29 is 4.39 Å². The molecule has 4 heteroatoms. The van der Waals surface area contributed by atoms with E-state index in [1.54, 1.807) is 11.3 Å². The topological polar surface area (TPSA) is 24.9 Å². The zero-order valence-electron chi connectivity index (χ0n) is 11.1. The Morgan fingerprint density at radius 1 is 1.15 bits per heavy atom. The molecule has 1 atom stereocenters. The molecule has 1 aromatic heterocycles. The number of fused-ring (bicyclic) bond motifs is 1. The Morgan fingerprint density at radius 2 is 1.90 bits per heavy atom. The Kier molecular flexibility index (Phi) is 3.76. The number of thiazole rings is 1. The van der Waals surface area contributed by atoms with Gasteiger partial charge in [-0.3, -0.25) is 0 Å². The van der Waals surface area contributed by atoms with E-state index in [1.807, 2.05) is 30.3 Å². The van der Waals surface area contributed by atoms with E-state index in [0.29, 0.717) is 0 Å². The largest absolute Gasteiger partial charge is 0.304 e. The van der Waals surface area contributed by atoms with E-state index in [2.05, 4.69) is 23.3 Å². The minimum absolute atomic E-state index is 0.169. The summed E-state index contributed by atoms with van der Waals surface area (Å²) in [7, 11) is 0. The van der Waals surface area contributed by atoms with E-state index >= 15 is 0 Å². The summed E-state index contributed by atoms with van der Waals surface area (Å²) in [6, 6.07) is 14.9. The zero-order valence-corrected chi connectivity index (χ0v) is 12.0. The summed E-state index contributed by atoms with van der Waals surface area (Å²) in [5.74, 6) is -0.202. The highest BCUT2D eigenvalue weighted by Crippen LogP contribution is 2.22. The van der Waals surface area contributed by atoms with Crippen molar-refractivity contribution >= 4 is 21.6 Å². The number of benzene rings is 2. The van der Waals surface area contributed by atoms with Crippen LogP contribution >= 0.6 is 11.3 Å². The monoisotopic (exact) mass is 286 g/mol. The van der Waals surface area contributed by atoms with Gasteiger partial charge < -0.3 is 5.32 Å². The molecule has 20 heavy (non-hydrogen) atoms. The second-order valence-electron chi connectivity index (χ2n) is 4.73. The molecular formula is C16H15FN2S. The quantitative estimate of drug-likeness (QED) is 0.774. The summed E-state index contributed by atoms with van der Waals surface area (Å²) in [5, 5.41) is 4.49. The third kappa shape index (κ3) is 2.86. The lowest BCUT2D eigenvalue weighted by atomic mass is 10.1. The summed E-state index contributed by atoms with van der Waals surface area (Å²) in [4.78, 5) is 4.59. The van der Waals surface area contributed by atoms with Gasteiger partial charge in [0.2, 0.25) is 0 Å². The SMILES string of the molecule is C[C@H](NCc1nc2ccccc2s1)c1ccc(F)cc1. The third-order valence-corrected chi connectivity index (χ3v) is 4.30. The van der Waals surface area contributed by atoms with Crippen molar-refractivity contribution in [3.8, 4) is 0 Å². The first-order chi connectivity index (χ1) is 9.72. The van der Waals surface area contributed by atoms with Crippen LogP contribution in [-0.2, 0) is 6.54 Å². The van der Waals surface area contributed by atoms with Crippen LogP contribution in [0.3, 0.4) is 0 Å². The molecule has 0 saturated heterocycles. The van der Waals surface area contributed by atoms with E-state index in [1.165, 1.54) is 16.8 Å². The number of halogens is 1. The maximum Gasteiger partial charge on any atom is 0.123 e. The molecule has 0 radical (unpaired) electrons. The molecule has 2 nitrogen and oxygen atoms in total. The average Bonchev–Trinajstić information content (AvgIpc) is 2.88.